The highest BCUT2D eigenvalue weighted by molar-refractivity contribution is 7.22. The van der Waals surface area contributed by atoms with Crippen LogP contribution < -0.4 is 14.4 Å². The first-order chi connectivity index (χ1) is 16.9. The lowest BCUT2D eigenvalue weighted by Gasteiger charge is -2.21. The lowest BCUT2D eigenvalue weighted by Crippen LogP contribution is -2.28. The normalized spacial score (nSPS) is 17.3. The van der Waals surface area contributed by atoms with Gasteiger partial charge in [-0.05, 0) is 54.8 Å². The SMILES string of the molecule is CCOc1ccc2nc(N3C(=O)C(=O)/C(=C(/O)c4ccc(OC)c(Cl)c4)C3c3cccs3)sc2c1. The summed E-state index contributed by atoms with van der Waals surface area (Å²) in [5, 5.41) is 13.7. The summed E-state index contributed by atoms with van der Waals surface area (Å²) >= 11 is 8.92. The van der Waals surface area contributed by atoms with Crippen LogP contribution >= 0.6 is 34.3 Å². The van der Waals surface area contributed by atoms with Crippen LogP contribution in [0.4, 0.5) is 5.13 Å². The maximum Gasteiger partial charge on any atom is 0.301 e. The van der Waals surface area contributed by atoms with E-state index in [2.05, 4.69) is 4.98 Å². The molecule has 1 fully saturated rings. The molecule has 2 aromatic heterocycles. The van der Waals surface area contributed by atoms with Gasteiger partial charge in [-0.3, -0.25) is 14.5 Å². The van der Waals surface area contributed by atoms with Crippen molar-refractivity contribution in [2.45, 2.75) is 13.0 Å². The molecule has 1 N–H and O–H groups in total. The Hall–Kier alpha value is -3.40. The van der Waals surface area contributed by atoms with Crippen LogP contribution in [0.25, 0.3) is 16.0 Å². The quantitative estimate of drug-likeness (QED) is 0.187. The van der Waals surface area contributed by atoms with Gasteiger partial charge < -0.3 is 14.6 Å². The van der Waals surface area contributed by atoms with E-state index >= 15 is 0 Å². The summed E-state index contributed by atoms with van der Waals surface area (Å²) in [6, 6.07) is 13.0. The molecule has 1 atom stereocenters. The first-order valence-corrected chi connectivity index (χ1v) is 12.7. The number of hydrogen-bond acceptors (Lipinski definition) is 8. The Labute approximate surface area is 213 Å². The highest BCUT2D eigenvalue weighted by atomic mass is 35.5. The van der Waals surface area contributed by atoms with Gasteiger partial charge in [0.05, 0.1) is 34.5 Å². The van der Waals surface area contributed by atoms with E-state index in [1.807, 2.05) is 42.6 Å². The minimum atomic E-state index is -0.831. The maximum absolute atomic E-state index is 13.3. The molecule has 7 nitrogen and oxygen atoms in total. The Kier molecular flexibility index (Phi) is 6.22. The van der Waals surface area contributed by atoms with E-state index < -0.39 is 17.7 Å². The Morgan fingerprint density at radius 2 is 2.03 bits per heavy atom. The van der Waals surface area contributed by atoms with Crippen molar-refractivity contribution in [1.82, 2.24) is 4.98 Å². The second-order valence-corrected chi connectivity index (χ2v) is 9.99. The average molecular weight is 527 g/mol. The number of aromatic nitrogens is 1. The number of amides is 1. The van der Waals surface area contributed by atoms with E-state index in [9.17, 15) is 14.7 Å². The van der Waals surface area contributed by atoms with Crippen molar-refractivity contribution >= 4 is 67.1 Å². The number of benzene rings is 2. The zero-order chi connectivity index (χ0) is 24.7. The summed E-state index contributed by atoms with van der Waals surface area (Å²) in [5.41, 5.74) is 0.969. The first-order valence-electron chi connectivity index (χ1n) is 10.6. The number of nitrogens with zero attached hydrogens (tertiary/aromatic N) is 2. The number of aliphatic hydroxyl groups excluding tert-OH is 1. The van der Waals surface area contributed by atoms with E-state index in [0.29, 0.717) is 34.3 Å². The van der Waals surface area contributed by atoms with Gasteiger partial charge >= 0.3 is 5.91 Å². The van der Waals surface area contributed by atoms with E-state index in [0.717, 1.165) is 9.58 Å². The number of ketones is 1. The molecule has 35 heavy (non-hydrogen) atoms. The number of carbonyl (C=O) groups is 2. The van der Waals surface area contributed by atoms with Crippen molar-refractivity contribution in [3.8, 4) is 11.5 Å². The molecule has 0 radical (unpaired) electrons. The molecule has 0 saturated carbocycles. The van der Waals surface area contributed by atoms with Gasteiger partial charge in [0.2, 0.25) is 0 Å². The third kappa shape index (κ3) is 4.05. The zero-order valence-electron chi connectivity index (χ0n) is 18.6. The number of thiophene rings is 1. The van der Waals surface area contributed by atoms with Crippen molar-refractivity contribution in [1.29, 1.82) is 0 Å². The largest absolute Gasteiger partial charge is 0.507 e. The Morgan fingerprint density at radius 1 is 1.20 bits per heavy atom. The van der Waals surface area contributed by atoms with Crippen molar-refractivity contribution in [3.05, 3.63) is 74.9 Å². The molecule has 1 saturated heterocycles. The number of halogens is 1. The molecule has 0 aliphatic carbocycles. The highest BCUT2D eigenvalue weighted by Gasteiger charge is 2.48. The monoisotopic (exact) mass is 526 g/mol. The Morgan fingerprint density at radius 3 is 2.71 bits per heavy atom. The van der Waals surface area contributed by atoms with Crippen molar-refractivity contribution in [3.63, 3.8) is 0 Å². The summed E-state index contributed by atoms with van der Waals surface area (Å²) in [4.78, 5) is 33.3. The van der Waals surface area contributed by atoms with Gasteiger partial charge in [-0.1, -0.05) is 29.0 Å². The third-order valence-corrected chi connectivity index (χ3v) is 7.79. The summed E-state index contributed by atoms with van der Waals surface area (Å²) in [7, 11) is 1.48. The topological polar surface area (TPSA) is 89.0 Å². The van der Waals surface area contributed by atoms with E-state index in [-0.39, 0.29) is 16.4 Å². The number of ether oxygens (including phenoxy) is 2. The van der Waals surface area contributed by atoms with Crippen molar-refractivity contribution in [2.75, 3.05) is 18.6 Å². The molecule has 10 heteroatoms. The summed E-state index contributed by atoms with van der Waals surface area (Å²) in [6.07, 6.45) is 0. The molecule has 4 aromatic rings. The smallest absolute Gasteiger partial charge is 0.301 e. The van der Waals surface area contributed by atoms with Gasteiger partial charge in [-0.15, -0.1) is 11.3 Å². The van der Waals surface area contributed by atoms with E-state index in [4.69, 9.17) is 21.1 Å². The number of Topliss-reactive ketones (excluding diaryl/α,β-unsaturated/α-hetero) is 1. The van der Waals surface area contributed by atoms with E-state index in [1.54, 1.807) is 12.1 Å². The number of methoxy groups -OCH3 is 1. The fourth-order valence-corrected chi connectivity index (χ4v) is 6.07. The molecule has 1 aliphatic heterocycles. The van der Waals surface area contributed by atoms with Gasteiger partial charge in [-0.25, -0.2) is 4.98 Å². The molecular formula is C25H19ClN2O5S2. The number of aliphatic hydroxyl groups is 1. The summed E-state index contributed by atoms with van der Waals surface area (Å²) in [6.45, 7) is 2.43. The standard InChI is InChI=1S/C25H19ClN2O5S2/c1-3-33-14-7-8-16-19(12-14)35-25(27-16)28-21(18-5-4-10-34-18)20(23(30)24(28)31)22(29)13-6-9-17(32-2)15(26)11-13/h4-12,21,29H,3H2,1-2H3/b22-20+. The number of anilines is 1. The van der Waals surface area contributed by atoms with Gasteiger partial charge in [0.15, 0.2) is 5.13 Å². The van der Waals surface area contributed by atoms with Gasteiger partial charge in [0.25, 0.3) is 5.78 Å². The number of thiazole rings is 1. The lowest BCUT2D eigenvalue weighted by molar-refractivity contribution is -0.132. The number of hydrogen-bond donors (Lipinski definition) is 1. The van der Waals surface area contributed by atoms with Crippen LogP contribution in [0.15, 0.2) is 59.5 Å². The first kappa shape index (κ1) is 23.3. The molecular weight excluding hydrogens is 508 g/mol. The second kappa shape index (κ2) is 9.33. The molecule has 0 bridgehead atoms. The van der Waals surface area contributed by atoms with Gasteiger partial charge in [0.1, 0.15) is 23.3 Å². The molecule has 3 heterocycles. The van der Waals surface area contributed by atoms with Crippen LogP contribution in [-0.2, 0) is 9.59 Å². The molecule has 2 aromatic carbocycles. The van der Waals surface area contributed by atoms with Crippen LogP contribution in [0.5, 0.6) is 11.5 Å². The molecule has 1 amide bonds. The Balaban J connectivity index is 1.66. The molecule has 1 unspecified atom stereocenters. The van der Waals surface area contributed by atoms with Crippen LogP contribution in [0.3, 0.4) is 0 Å². The predicted molar refractivity (Wildman–Crippen MR) is 138 cm³/mol. The summed E-state index contributed by atoms with van der Waals surface area (Å²) < 4.78 is 11.6. The van der Waals surface area contributed by atoms with Gasteiger partial charge in [0, 0.05) is 10.4 Å². The Bertz CT molecular complexity index is 1480. The maximum atomic E-state index is 13.3. The molecule has 5 rings (SSSR count). The van der Waals surface area contributed by atoms with Crippen LogP contribution in [0.1, 0.15) is 23.4 Å². The molecule has 0 spiro atoms. The number of carbonyl (C=O) groups excluding carboxylic acids is 2. The predicted octanol–water partition coefficient (Wildman–Crippen LogP) is 6.04. The minimum absolute atomic E-state index is 0.0204. The number of rotatable bonds is 6. The van der Waals surface area contributed by atoms with Crippen molar-refractivity contribution in [2.24, 2.45) is 0 Å². The second-order valence-electron chi connectivity index (χ2n) is 7.59. The fourth-order valence-electron chi connectivity index (χ4n) is 3.97. The van der Waals surface area contributed by atoms with Crippen molar-refractivity contribution < 1.29 is 24.2 Å². The van der Waals surface area contributed by atoms with Crippen LogP contribution in [0.2, 0.25) is 5.02 Å². The number of fused-ring (bicyclic) bond motifs is 1. The van der Waals surface area contributed by atoms with Crippen LogP contribution in [0, 0.1) is 0 Å². The fraction of sp³-hybridized carbons (Fsp3) is 0.160. The molecule has 1 aliphatic rings. The highest BCUT2D eigenvalue weighted by Crippen LogP contribution is 2.46. The zero-order valence-corrected chi connectivity index (χ0v) is 21.0. The average Bonchev–Trinajstić information content (AvgIpc) is 3.57. The lowest BCUT2D eigenvalue weighted by atomic mass is 10.00. The molecule has 178 valence electrons. The van der Waals surface area contributed by atoms with E-state index in [1.165, 1.54) is 40.7 Å². The van der Waals surface area contributed by atoms with Gasteiger partial charge in [-0.2, -0.15) is 0 Å². The summed E-state index contributed by atoms with van der Waals surface area (Å²) in [5.74, 6) is -0.730. The third-order valence-electron chi connectivity index (χ3n) is 5.55. The van der Waals surface area contributed by atoms with Crippen LogP contribution in [-0.4, -0.2) is 35.5 Å². The minimum Gasteiger partial charge on any atom is -0.507 e.